The molecule has 5 nitrogen and oxygen atoms in total. The number of carbonyl (C=O) groups excluding carboxylic acids is 1. The van der Waals surface area contributed by atoms with Crippen molar-refractivity contribution in [3.05, 3.63) is 30.0 Å². The van der Waals surface area contributed by atoms with Crippen molar-refractivity contribution < 1.29 is 9.53 Å². The van der Waals surface area contributed by atoms with E-state index in [1.807, 2.05) is 45.0 Å². The highest BCUT2D eigenvalue weighted by molar-refractivity contribution is 5.98. The van der Waals surface area contributed by atoms with E-state index in [9.17, 15) is 4.79 Å². The van der Waals surface area contributed by atoms with E-state index in [1.165, 1.54) is 0 Å². The molecule has 1 aromatic heterocycles. The second-order valence-electron chi connectivity index (χ2n) is 8.58. The molecule has 0 radical (unpaired) electrons. The fourth-order valence-corrected chi connectivity index (χ4v) is 3.42. The predicted molar refractivity (Wildman–Crippen MR) is 106 cm³/mol. The third kappa shape index (κ3) is 4.58. The standard InChI is InChI=1S/C21H31N3O2/c1-14(2)24-10-8-16(9-11-24)26-17-6-7-18-15(12-17)13-19(22-18)20(25)23-21(3,4)5/h6-7,12-14,16,22H,8-11H2,1-5H3,(H,23,25). The Morgan fingerprint density at radius 2 is 1.92 bits per heavy atom. The highest BCUT2D eigenvalue weighted by atomic mass is 16.5. The van der Waals surface area contributed by atoms with Crippen LogP contribution >= 0.6 is 0 Å². The SMILES string of the molecule is CC(C)N1CCC(Oc2ccc3[nH]c(C(=O)NC(C)(C)C)cc3c2)CC1. The van der Waals surface area contributed by atoms with Gasteiger partial charge in [0.05, 0.1) is 0 Å². The highest BCUT2D eigenvalue weighted by Crippen LogP contribution is 2.25. The lowest BCUT2D eigenvalue weighted by atomic mass is 10.1. The Balaban J connectivity index is 1.67. The molecule has 0 bridgehead atoms. The lowest BCUT2D eigenvalue weighted by molar-refractivity contribution is 0.0844. The Labute approximate surface area is 156 Å². The number of carbonyl (C=O) groups is 1. The summed E-state index contributed by atoms with van der Waals surface area (Å²) in [7, 11) is 0. The van der Waals surface area contributed by atoms with Crippen molar-refractivity contribution >= 4 is 16.8 Å². The minimum Gasteiger partial charge on any atom is -0.490 e. The molecule has 0 atom stereocenters. The molecule has 0 unspecified atom stereocenters. The number of nitrogens with one attached hydrogen (secondary N) is 2. The van der Waals surface area contributed by atoms with E-state index in [1.54, 1.807) is 0 Å². The number of hydrogen-bond donors (Lipinski definition) is 2. The Morgan fingerprint density at radius 1 is 1.23 bits per heavy atom. The van der Waals surface area contributed by atoms with Crippen LogP contribution in [0.15, 0.2) is 24.3 Å². The number of aromatic nitrogens is 1. The molecule has 1 aliphatic rings. The maximum atomic E-state index is 12.3. The van der Waals surface area contributed by atoms with Crippen molar-refractivity contribution in [2.24, 2.45) is 0 Å². The molecule has 1 saturated heterocycles. The lowest BCUT2D eigenvalue weighted by Crippen LogP contribution is -2.41. The molecule has 142 valence electrons. The van der Waals surface area contributed by atoms with Gasteiger partial charge in [-0.05, 0) is 71.7 Å². The number of rotatable bonds is 4. The zero-order chi connectivity index (χ0) is 18.9. The summed E-state index contributed by atoms with van der Waals surface area (Å²) in [6.45, 7) is 12.6. The number of amides is 1. The third-order valence-corrected chi connectivity index (χ3v) is 4.83. The number of hydrogen-bond acceptors (Lipinski definition) is 3. The van der Waals surface area contributed by atoms with Gasteiger partial charge in [0.15, 0.2) is 0 Å². The Hall–Kier alpha value is -2.01. The van der Waals surface area contributed by atoms with Crippen molar-refractivity contribution in [1.29, 1.82) is 0 Å². The smallest absolute Gasteiger partial charge is 0.268 e. The van der Waals surface area contributed by atoms with Gasteiger partial charge in [-0.1, -0.05) is 0 Å². The van der Waals surface area contributed by atoms with E-state index in [2.05, 4.69) is 29.0 Å². The maximum Gasteiger partial charge on any atom is 0.268 e. The fraction of sp³-hybridized carbons (Fsp3) is 0.571. The first-order valence-electron chi connectivity index (χ1n) is 9.57. The molecule has 1 aromatic carbocycles. The number of H-pyrrole nitrogens is 1. The molecule has 2 heterocycles. The monoisotopic (exact) mass is 357 g/mol. The van der Waals surface area contributed by atoms with Crippen LogP contribution in [-0.4, -0.2) is 46.6 Å². The molecule has 0 aliphatic carbocycles. The Kier molecular flexibility index (Phi) is 5.28. The topological polar surface area (TPSA) is 57.4 Å². The van der Waals surface area contributed by atoms with Crippen molar-refractivity contribution in [2.45, 2.75) is 65.1 Å². The molecule has 26 heavy (non-hydrogen) atoms. The molecule has 5 heteroatoms. The van der Waals surface area contributed by atoms with E-state index in [4.69, 9.17) is 4.74 Å². The van der Waals surface area contributed by atoms with Gasteiger partial charge in [-0.15, -0.1) is 0 Å². The second-order valence-corrected chi connectivity index (χ2v) is 8.58. The normalized spacial score (nSPS) is 17.0. The Morgan fingerprint density at radius 3 is 2.54 bits per heavy atom. The average Bonchev–Trinajstić information content (AvgIpc) is 2.97. The fourth-order valence-electron chi connectivity index (χ4n) is 3.42. The number of ether oxygens (including phenoxy) is 1. The maximum absolute atomic E-state index is 12.3. The summed E-state index contributed by atoms with van der Waals surface area (Å²) >= 11 is 0. The van der Waals surface area contributed by atoms with Crippen LogP contribution in [0.5, 0.6) is 5.75 Å². The van der Waals surface area contributed by atoms with Crippen LogP contribution in [0.4, 0.5) is 0 Å². The zero-order valence-electron chi connectivity index (χ0n) is 16.6. The van der Waals surface area contributed by atoms with Crippen molar-refractivity contribution in [1.82, 2.24) is 15.2 Å². The molecule has 0 saturated carbocycles. The van der Waals surface area contributed by atoms with Crippen LogP contribution in [0.25, 0.3) is 10.9 Å². The quantitative estimate of drug-likeness (QED) is 0.871. The molecule has 2 N–H and O–H groups in total. The van der Waals surface area contributed by atoms with Crippen LogP contribution in [0.1, 0.15) is 57.9 Å². The van der Waals surface area contributed by atoms with E-state index < -0.39 is 0 Å². The number of aromatic amines is 1. The van der Waals surface area contributed by atoms with Gasteiger partial charge in [0.25, 0.3) is 5.91 Å². The predicted octanol–water partition coefficient (Wildman–Crippen LogP) is 3.95. The van der Waals surface area contributed by atoms with Crippen LogP contribution in [0.2, 0.25) is 0 Å². The molecule has 3 rings (SSSR count). The van der Waals surface area contributed by atoms with Gasteiger partial charge in [-0.25, -0.2) is 0 Å². The summed E-state index contributed by atoms with van der Waals surface area (Å²) in [5.74, 6) is 0.791. The summed E-state index contributed by atoms with van der Waals surface area (Å²) in [5.41, 5.74) is 1.27. The van der Waals surface area contributed by atoms with Gasteiger partial charge in [0.1, 0.15) is 17.5 Å². The van der Waals surface area contributed by atoms with Crippen molar-refractivity contribution in [3.63, 3.8) is 0 Å². The summed E-state index contributed by atoms with van der Waals surface area (Å²) < 4.78 is 6.20. The van der Waals surface area contributed by atoms with Gasteiger partial charge in [-0.3, -0.25) is 4.79 Å². The van der Waals surface area contributed by atoms with E-state index in [0.717, 1.165) is 42.6 Å². The highest BCUT2D eigenvalue weighted by Gasteiger charge is 2.22. The van der Waals surface area contributed by atoms with Gasteiger partial charge in [-0.2, -0.15) is 0 Å². The van der Waals surface area contributed by atoms with Gasteiger partial charge in [0, 0.05) is 35.6 Å². The number of benzene rings is 1. The number of nitrogens with zero attached hydrogens (tertiary/aromatic N) is 1. The first kappa shape index (κ1) is 18.8. The van der Waals surface area contributed by atoms with Crippen molar-refractivity contribution in [2.75, 3.05) is 13.1 Å². The van der Waals surface area contributed by atoms with Crippen LogP contribution in [0, 0.1) is 0 Å². The molecule has 2 aromatic rings. The zero-order valence-corrected chi connectivity index (χ0v) is 16.6. The molecule has 0 spiro atoms. The summed E-state index contributed by atoms with van der Waals surface area (Å²) in [5, 5.41) is 3.98. The first-order valence-corrected chi connectivity index (χ1v) is 9.57. The summed E-state index contributed by atoms with van der Waals surface area (Å²) in [6, 6.07) is 8.49. The molecular weight excluding hydrogens is 326 g/mol. The third-order valence-electron chi connectivity index (χ3n) is 4.83. The first-order chi connectivity index (χ1) is 12.2. The largest absolute Gasteiger partial charge is 0.490 e. The second kappa shape index (κ2) is 7.31. The molecular formula is C21H31N3O2. The van der Waals surface area contributed by atoms with E-state index >= 15 is 0 Å². The van der Waals surface area contributed by atoms with Crippen LogP contribution in [0.3, 0.4) is 0 Å². The van der Waals surface area contributed by atoms with E-state index in [-0.39, 0.29) is 17.6 Å². The van der Waals surface area contributed by atoms with Gasteiger partial charge in [0.2, 0.25) is 0 Å². The van der Waals surface area contributed by atoms with Gasteiger partial charge < -0.3 is 19.9 Å². The Bertz CT molecular complexity index is 765. The minimum atomic E-state index is -0.256. The number of likely N-dealkylation sites (tertiary alicyclic amines) is 1. The molecule has 1 aliphatic heterocycles. The summed E-state index contributed by atoms with van der Waals surface area (Å²) in [4.78, 5) is 18.0. The summed E-state index contributed by atoms with van der Waals surface area (Å²) in [6.07, 6.45) is 2.38. The van der Waals surface area contributed by atoms with Crippen molar-refractivity contribution in [3.8, 4) is 5.75 Å². The average molecular weight is 357 g/mol. The van der Waals surface area contributed by atoms with Crippen LogP contribution < -0.4 is 10.1 Å². The van der Waals surface area contributed by atoms with Gasteiger partial charge >= 0.3 is 0 Å². The lowest BCUT2D eigenvalue weighted by Gasteiger charge is -2.34. The van der Waals surface area contributed by atoms with Crippen LogP contribution in [-0.2, 0) is 0 Å². The number of fused-ring (bicyclic) bond motifs is 1. The molecule has 1 fully saturated rings. The molecule has 1 amide bonds. The number of piperidine rings is 1. The minimum absolute atomic E-state index is 0.0859. The van der Waals surface area contributed by atoms with E-state index in [0.29, 0.717) is 11.7 Å².